The number of hydrogen-bond donors (Lipinski definition) is 6. The largest absolute Gasteiger partial charge is 0.382 e. The van der Waals surface area contributed by atoms with E-state index < -0.39 is 33.9 Å². The number of ketones is 6. The van der Waals surface area contributed by atoms with E-state index in [1.54, 1.807) is 106 Å². The number of para-hydroxylation sites is 1. The van der Waals surface area contributed by atoms with Crippen molar-refractivity contribution in [1.29, 1.82) is 0 Å². The fourth-order valence-electron chi connectivity index (χ4n) is 14.2. The van der Waals surface area contributed by atoms with Gasteiger partial charge in [-0.15, -0.1) is 0 Å². The van der Waals surface area contributed by atoms with Crippen molar-refractivity contribution in [1.82, 2.24) is 91.6 Å². The van der Waals surface area contributed by atoms with Crippen LogP contribution >= 0.6 is 0 Å². The van der Waals surface area contributed by atoms with Gasteiger partial charge in [-0.1, -0.05) is 26.0 Å². The molecule has 0 saturated carbocycles. The van der Waals surface area contributed by atoms with Crippen LogP contribution in [0.25, 0.3) is 0 Å². The topological polar surface area (TPSA) is 385 Å². The molecule has 578 valence electrons. The number of likely N-dealkylation sites (N-methyl/N-ethyl adjacent to an activating group) is 2. The number of fused-ring (bicyclic) bond motifs is 6. The number of aryl methyl sites for hydroxylation is 2. The molecule has 8 atom stereocenters. The normalized spacial score (nSPS) is 24.6. The fourth-order valence-corrected chi connectivity index (χ4v) is 15.9. The van der Waals surface area contributed by atoms with Gasteiger partial charge in [-0.2, -0.15) is 5.01 Å². The van der Waals surface area contributed by atoms with E-state index in [9.17, 15) is 70.7 Å². The second kappa shape index (κ2) is 38.2. The number of nitrogens with one attached hydrogen (secondary N) is 6. The first-order valence-corrected chi connectivity index (χ1v) is 37.6. The Morgan fingerprint density at radius 2 is 0.990 bits per heavy atom. The monoisotopic (exact) mass is 1480 g/mol. The third kappa shape index (κ3) is 19.1. The van der Waals surface area contributed by atoms with Gasteiger partial charge >= 0.3 is 18.1 Å². The van der Waals surface area contributed by atoms with Crippen LogP contribution in [0.5, 0.6) is 0 Å². The summed E-state index contributed by atoms with van der Waals surface area (Å²) in [5, 5.41) is 26.5. The molecule has 9 amide bonds. The predicted molar refractivity (Wildman–Crippen MR) is 385 cm³/mol. The number of hydrogen-bond acceptors (Lipinski definition) is 25. The molecule has 36 heteroatoms. The molecule has 0 radical (unpaired) electrons. The summed E-state index contributed by atoms with van der Waals surface area (Å²) in [7, 11) is 6.47. The van der Waals surface area contributed by atoms with Crippen LogP contribution in [0.1, 0.15) is 151 Å². The SMILES string of the molecule is CC.CNC1CN2CCCC(C(C)=O)N2C1=O.CNC1CS(=O)(=O)c2ccccc2N(C(C)C(C)=O)C1=O.CNN1CCC(=O)N2CCCC(C(C)=O)N2C1=O.CNN1CCN2CCCC(C(C)=O)N2C1=O.CNN1CN2CCCC(C(C)=O)N2C1=O.CNc1c(C)nc2n(c1=O)C(C(C)=O)CCC2. The van der Waals surface area contributed by atoms with Gasteiger partial charge in [0.2, 0.25) is 11.8 Å². The standard InChI is InChI=1S/C14H18N2O4S.C12H17N3O2.C11H18N4O3.C10H18N4O2.C10H17N3O2.C9H16N4O2.C2H6/c1-9(10(2)17)16-12-6-4-5-7-13(12)21(19,20)8-11(15-3)14(16)18;1-7-11(13-3)12(17)15-9(8(2)16)5-4-6-10(15)14-7;1-8(16)9-4-3-6-14-10(17)5-7-13(12-2)11(18)15(9)14;1-8(15)9-4-3-5-12-6-7-13(11-2)10(16)14(9)12;1-7(14)9-4-3-5-12-6-8(11-2)10(15)13(9)12;1-7(14)8-4-3-5-11-6-12(10-2)9(15)13(8)11;1-2/h4-7,9,11,15H,8H2,1-3H3;9,13H,4-6H2,1-3H3;9,12H,3-7H2,1-2H3;9,11H,3-7H2,1-2H3;8-9,11H,3-6H2,1-2H3;8,10H,3-6H2,1-2H3;1-2H3. The zero-order chi connectivity index (χ0) is 77.4. The number of sulfone groups is 1. The Labute approximate surface area is 609 Å². The number of urea groups is 3. The highest BCUT2D eigenvalue weighted by atomic mass is 32.2. The van der Waals surface area contributed by atoms with Crippen LogP contribution in [0, 0.1) is 6.92 Å². The maximum Gasteiger partial charge on any atom is 0.353 e. The molecular weight excluding hydrogens is 1370 g/mol. The first kappa shape index (κ1) is 84.7. The number of amides is 9. The molecule has 10 aliphatic heterocycles. The number of nitrogens with zero attached hydrogens (tertiary/aromatic N) is 14. The van der Waals surface area contributed by atoms with Gasteiger partial charge in [0.05, 0.1) is 40.7 Å². The van der Waals surface area contributed by atoms with E-state index in [1.165, 1.54) is 58.8 Å². The molecule has 12 rings (SSSR count). The Bertz CT molecular complexity index is 3600. The lowest BCUT2D eigenvalue weighted by atomic mass is 10.0. The molecule has 1 aromatic carbocycles. The number of benzene rings is 1. The molecule has 8 fully saturated rings. The molecule has 8 unspecified atom stereocenters. The van der Waals surface area contributed by atoms with Gasteiger partial charge in [0.25, 0.3) is 11.5 Å². The van der Waals surface area contributed by atoms with Crippen LogP contribution in [0.3, 0.4) is 0 Å². The number of rotatable bonds is 13. The lowest BCUT2D eigenvalue weighted by Crippen LogP contribution is -2.68. The Morgan fingerprint density at radius 1 is 0.519 bits per heavy atom. The van der Waals surface area contributed by atoms with Gasteiger partial charge in [0.15, 0.2) is 44.5 Å². The van der Waals surface area contributed by atoms with Crippen LogP contribution in [0.15, 0.2) is 34.0 Å². The summed E-state index contributed by atoms with van der Waals surface area (Å²) in [6.45, 7) is 22.5. The van der Waals surface area contributed by atoms with E-state index >= 15 is 0 Å². The second-order valence-electron chi connectivity index (χ2n) is 26.4. The van der Waals surface area contributed by atoms with Crippen molar-refractivity contribution in [2.75, 3.05) is 117 Å². The number of carbonyl (C=O) groups is 12. The molecule has 0 aliphatic carbocycles. The Hall–Kier alpha value is -8.23. The average molecular weight is 1480 g/mol. The van der Waals surface area contributed by atoms with Crippen molar-refractivity contribution in [3.63, 3.8) is 0 Å². The molecule has 104 heavy (non-hydrogen) atoms. The summed E-state index contributed by atoms with van der Waals surface area (Å²) in [6.07, 6.45) is 9.33. The minimum Gasteiger partial charge on any atom is -0.382 e. The number of Topliss-reactive ketones (excluding diaryl/α,β-unsaturated/α-hetero) is 6. The summed E-state index contributed by atoms with van der Waals surface area (Å²) in [6, 6.07) is 2.32. The highest BCUT2D eigenvalue weighted by Gasteiger charge is 2.48. The molecule has 0 bridgehead atoms. The van der Waals surface area contributed by atoms with Crippen LogP contribution in [0.2, 0.25) is 0 Å². The Kier molecular flexibility index (Phi) is 31.1. The van der Waals surface area contributed by atoms with Gasteiger partial charge in [-0.3, -0.25) is 72.4 Å². The van der Waals surface area contributed by atoms with Gasteiger partial charge in [0, 0.05) is 86.8 Å². The van der Waals surface area contributed by atoms with E-state index in [4.69, 9.17) is 0 Å². The minimum absolute atomic E-state index is 0.0285. The van der Waals surface area contributed by atoms with Crippen LogP contribution in [0.4, 0.5) is 25.8 Å². The maximum atomic E-state index is 12.6. The highest BCUT2D eigenvalue weighted by Crippen LogP contribution is 2.33. The molecule has 35 nitrogen and oxygen atoms in total. The van der Waals surface area contributed by atoms with Crippen LogP contribution in [-0.4, -0.2) is 293 Å². The molecular formula is C68H110N20O15S. The summed E-state index contributed by atoms with van der Waals surface area (Å²) in [5.41, 5.74) is 9.75. The molecule has 0 spiro atoms. The molecule has 1 aromatic heterocycles. The molecule has 2 aromatic rings. The second-order valence-corrected chi connectivity index (χ2v) is 28.4. The third-order valence-corrected chi connectivity index (χ3v) is 21.6. The fraction of sp³-hybridized carbons (Fsp3) is 0.676. The van der Waals surface area contributed by atoms with E-state index in [0.717, 1.165) is 96.2 Å². The zero-order valence-electron chi connectivity index (χ0n) is 63.3. The first-order chi connectivity index (χ1) is 49.3. The van der Waals surface area contributed by atoms with Crippen LogP contribution < -0.4 is 42.7 Å². The molecule has 11 heterocycles. The average Bonchev–Trinajstić information content (AvgIpc) is 1.45. The first-order valence-electron chi connectivity index (χ1n) is 35.9. The summed E-state index contributed by atoms with van der Waals surface area (Å²) in [4.78, 5) is 160. The van der Waals surface area contributed by atoms with Crippen molar-refractivity contribution in [3.8, 4) is 0 Å². The predicted octanol–water partition coefficient (Wildman–Crippen LogP) is 1.20. The lowest BCUT2D eigenvalue weighted by molar-refractivity contribution is -0.154. The van der Waals surface area contributed by atoms with Gasteiger partial charge in [-0.25, -0.2) is 79.1 Å². The zero-order valence-corrected chi connectivity index (χ0v) is 64.1. The van der Waals surface area contributed by atoms with Crippen molar-refractivity contribution in [3.05, 3.63) is 46.1 Å². The van der Waals surface area contributed by atoms with Gasteiger partial charge < -0.3 is 16.0 Å². The van der Waals surface area contributed by atoms with E-state index in [2.05, 4.69) is 37.2 Å². The maximum absolute atomic E-state index is 12.6. The number of aromatic nitrogens is 2. The highest BCUT2D eigenvalue weighted by molar-refractivity contribution is 7.91. The Balaban J connectivity index is 0.000000195. The van der Waals surface area contributed by atoms with Crippen molar-refractivity contribution in [2.45, 2.75) is 200 Å². The van der Waals surface area contributed by atoms with E-state index in [0.29, 0.717) is 50.6 Å². The van der Waals surface area contributed by atoms with Crippen LogP contribution in [-0.2, 0) is 59.4 Å². The van der Waals surface area contributed by atoms with Gasteiger partial charge in [0.1, 0.15) is 54.4 Å². The Morgan fingerprint density at radius 3 is 1.52 bits per heavy atom. The molecule has 6 N–H and O–H groups in total. The number of carbonyl (C=O) groups excluding carboxylic acids is 12. The smallest absolute Gasteiger partial charge is 0.353 e. The quantitative estimate of drug-likeness (QED) is 0.164. The van der Waals surface area contributed by atoms with Crippen molar-refractivity contribution in [2.24, 2.45) is 0 Å². The minimum atomic E-state index is -3.60. The van der Waals surface area contributed by atoms with Crippen molar-refractivity contribution >= 4 is 91.7 Å². The summed E-state index contributed by atoms with van der Waals surface area (Å²) >= 11 is 0. The van der Waals surface area contributed by atoms with Crippen molar-refractivity contribution < 1.29 is 66.0 Å². The molecule has 8 saturated heterocycles. The van der Waals surface area contributed by atoms with Gasteiger partial charge in [-0.05, 0) is 146 Å². The third-order valence-electron chi connectivity index (χ3n) is 19.8. The number of anilines is 2. The lowest BCUT2D eigenvalue weighted by Gasteiger charge is -2.48. The molecule has 10 aliphatic rings. The van der Waals surface area contributed by atoms with E-state index in [1.807, 2.05) is 35.8 Å². The summed E-state index contributed by atoms with van der Waals surface area (Å²) in [5.74, 6) is -0.102. The number of hydrazine groups is 7. The summed E-state index contributed by atoms with van der Waals surface area (Å²) < 4.78 is 26.4. The van der Waals surface area contributed by atoms with E-state index in [-0.39, 0.29) is 123 Å².